The van der Waals surface area contributed by atoms with Gasteiger partial charge in [-0.05, 0) is 17.7 Å². The lowest BCUT2D eigenvalue weighted by Crippen LogP contribution is -2.22. The van der Waals surface area contributed by atoms with E-state index in [-0.39, 0.29) is 6.54 Å². The maximum atomic E-state index is 10.6. The Morgan fingerprint density at radius 2 is 1.88 bits per heavy atom. The summed E-state index contributed by atoms with van der Waals surface area (Å²) in [4.78, 5) is 21.1. The molecule has 0 aliphatic rings. The highest BCUT2D eigenvalue weighted by atomic mass is 16.4. The van der Waals surface area contributed by atoms with E-state index in [2.05, 4.69) is 5.32 Å². The van der Waals surface area contributed by atoms with Crippen LogP contribution in [0.5, 0.6) is 0 Å². The highest BCUT2D eigenvalue weighted by Gasteiger charge is 2.13. The molecule has 86 valence electrons. The lowest BCUT2D eigenvalue weighted by molar-refractivity contribution is -0.138. The van der Waals surface area contributed by atoms with Crippen molar-refractivity contribution in [3.63, 3.8) is 0 Å². The first-order valence-corrected chi connectivity index (χ1v) is 4.61. The van der Waals surface area contributed by atoms with Crippen LogP contribution >= 0.6 is 0 Å². The van der Waals surface area contributed by atoms with Crippen molar-refractivity contribution in [1.82, 2.24) is 0 Å². The zero-order valence-electron chi connectivity index (χ0n) is 8.51. The number of carbonyl (C=O) groups is 2. The molecule has 0 bridgehead atoms. The fourth-order valence-electron chi connectivity index (χ4n) is 1.14. The lowest BCUT2D eigenvalue weighted by Gasteiger charge is -2.08. The van der Waals surface area contributed by atoms with E-state index in [1.165, 1.54) is 0 Å². The predicted molar refractivity (Wildman–Crippen MR) is 58.7 cm³/mol. The standard InChI is InChI=1S/C10H13N3O3/c11-8(14)5-13-7-3-1-6(2-4-7)9(12)10(15)16/h1-4,9,13H,5,12H2,(H2,11,14)(H,15,16)/t9-/m1/s1. The van der Waals surface area contributed by atoms with Crippen LogP contribution in [-0.2, 0) is 9.59 Å². The van der Waals surface area contributed by atoms with Gasteiger partial charge in [0.15, 0.2) is 0 Å². The minimum Gasteiger partial charge on any atom is -0.480 e. The molecule has 6 heteroatoms. The summed E-state index contributed by atoms with van der Waals surface area (Å²) in [5.41, 5.74) is 11.6. The number of nitrogens with two attached hydrogens (primary N) is 2. The van der Waals surface area contributed by atoms with Crippen molar-refractivity contribution >= 4 is 17.6 Å². The van der Waals surface area contributed by atoms with Gasteiger partial charge in [0.05, 0.1) is 6.54 Å². The van der Waals surface area contributed by atoms with E-state index < -0.39 is 17.9 Å². The number of carboxylic acid groups (broad SMARTS) is 1. The van der Waals surface area contributed by atoms with Crippen molar-refractivity contribution < 1.29 is 14.7 Å². The number of carbonyl (C=O) groups excluding carboxylic acids is 1. The molecule has 16 heavy (non-hydrogen) atoms. The Morgan fingerprint density at radius 1 is 1.31 bits per heavy atom. The minimum absolute atomic E-state index is 0.0321. The van der Waals surface area contributed by atoms with Crippen molar-refractivity contribution in [1.29, 1.82) is 0 Å². The normalized spacial score (nSPS) is 11.8. The molecule has 1 atom stereocenters. The van der Waals surface area contributed by atoms with E-state index in [0.29, 0.717) is 11.3 Å². The average Bonchev–Trinajstić information content (AvgIpc) is 2.26. The summed E-state index contributed by atoms with van der Waals surface area (Å²) < 4.78 is 0. The van der Waals surface area contributed by atoms with Crippen molar-refractivity contribution in [2.75, 3.05) is 11.9 Å². The second-order valence-corrected chi connectivity index (χ2v) is 3.26. The van der Waals surface area contributed by atoms with Crippen LogP contribution in [0, 0.1) is 0 Å². The van der Waals surface area contributed by atoms with Gasteiger partial charge in [-0.15, -0.1) is 0 Å². The Kier molecular flexibility index (Phi) is 3.84. The van der Waals surface area contributed by atoms with Gasteiger partial charge in [0.25, 0.3) is 0 Å². The van der Waals surface area contributed by atoms with E-state index >= 15 is 0 Å². The molecule has 0 fully saturated rings. The van der Waals surface area contributed by atoms with Gasteiger partial charge in [-0.25, -0.2) is 0 Å². The number of aliphatic carboxylic acids is 1. The minimum atomic E-state index is -1.09. The zero-order chi connectivity index (χ0) is 12.1. The van der Waals surface area contributed by atoms with Gasteiger partial charge in [-0.3, -0.25) is 9.59 Å². The summed E-state index contributed by atoms with van der Waals surface area (Å²) in [6.45, 7) is 0.0321. The van der Waals surface area contributed by atoms with Crippen molar-refractivity contribution in [2.24, 2.45) is 11.5 Å². The summed E-state index contributed by atoms with van der Waals surface area (Å²) in [6, 6.07) is 5.41. The van der Waals surface area contributed by atoms with Crippen molar-refractivity contribution in [2.45, 2.75) is 6.04 Å². The van der Waals surface area contributed by atoms with Crippen molar-refractivity contribution in [3.05, 3.63) is 29.8 Å². The van der Waals surface area contributed by atoms with Crippen LogP contribution in [0.2, 0.25) is 0 Å². The highest BCUT2D eigenvalue weighted by Crippen LogP contribution is 2.14. The number of anilines is 1. The predicted octanol–water partition coefficient (Wildman–Crippen LogP) is -0.332. The number of rotatable bonds is 5. The van der Waals surface area contributed by atoms with Crippen LogP contribution in [0.1, 0.15) is 11.6 Å². The Balaban J connectivity index is 2.67. The zero-order valence-corrected chi connectivity index (χ0v) is 8.51. The van der Waals surface area contributed by atoms with Gasteiger partial charge >= 0.3 is 5.97 Å². The van der Waals surface area contributed by atoms with Crippen molar-refractivity contribution in [3.8, 4) is 0 Å². The molecule has 0 aromatic heterocycles. The molecular formula is C10H13N3O3. The molecule has 6 nitrogen and oxygen atoms in total. The molecular weight excluding hydrogens is 210 g/mol. The molecule has 1 rings (SSSR count). The molecule has 0 saturated heterocycles. The summed E-state index contributed by atoms with van der Waals surface area (Å²) in [5, 5.41) is 11.5. The van der Waals surface area contributed by atoms with Crippen LogP contribution in [-0.4, -0.2) is 23.5 Å². The number of benzene rings is 1. The first-order chi connectivity index (χ1) is 7.50. The van der Waals surface area contributed by atoms with Crippen LogP contribution in [0.15, 0.2) is 24.3 Å². The monoisotopic (exact) mass is 223 g/mol. The number of primary amides is 1. The first-order valence-electron chi connectivity index (χ1n) is 4.61. The van der Waals surface area contributed by atoms with E-state index in [9.17, 15) is 9.59 Å². The molecule has 1 aromatic rings. The summed E-state index contributed by atoms with van der Waals surface area (Å²) in [5.74, 6) is -1.55. The van der Waals surface area contributed by atoms with E-state index in [1.54, 1.807) is 24.3 Å². The molecule has 0 aliphatic heterocycles. The highest BCUT2D eigenvalue weighted by molar-refractivity contribution is 5.79. The third kappa shape index (κ3) is 3.25. The van der Waals surface area contributed by atoms with Crippen LogP contribution in [0.3, 0.4) is 0 Å². The Hall–Kier alpha value is -2.08. The lowest BCUT2D eigenvalue weighted by atomic mass is 10.1. The number of hydrogen-bond acceptors (Lipinski definition) is 4. The smallest absolute Gasteiger partial charge is 0.325 e. The maximum Gasteiger partial charge on any atom is 0.325 e. The van der Waals surface area contributed by atoms with Crippen LogP contribution in [0.25, 0.3) is 0 Å². The largest absolute Gasteiger partial charge is 0.480 e. The molecule has 1 amide bonds. The average molecular weight is 223 g/mol. The van der Waals surface area contributed by atoms with Crippen LogP contribution < -0.4 is 16.8 Å². The Bertz CT molecular complexity index is 389. The van der Waals surface area contributed by atoms with E-state index in [1.807, 2.05) is 0 Å². The molecule has 0 heterocycles. The van der Waals surface area contributed by atoms with Gasteiger partial charge in [0, 0.05) is 5.69 Å². The quantitative estimate of drug-likeness (QED) is 0.545. The van der Waals surface area contributed by atoms with E-state index in [4.69, 9.17) is 16.6 Å². The SMILES string of the molecule is NC(=O)CNc1ccc([C@@H](N)C(=O)O)cc1. The molecule has 0 radical (unpaired) electrons. The summed E-state index contributed by atoms with van der Waals surface area (Å²) >= 11 is 0. The fraction of sp³-hybridized carbons (Fsp3) is 0.200. The first kappa shape index (κ1) is 12.0. The van der Waals surface area contributed by atoms with Gasteiger partial charge in [0.1, 0.15) is 6.04 Å². The van der Waals surface area contributed by atoms with Gasteiger partial charge in [-0.1, -0.05) is 12.1 Å². The number of carboxylic acids is 1. The fourth-order valence-corrected chi connectivity index (χ4v) is 1.14. The second-order valence-electron chi connectivity index (χ2n) is 3.26. The Morgan fingerprint density at radius 3 is 2.31 bits per heavy atom. The molecule has 0 spiro atoms. The Labute approximate surface area is 92.2 Å². The maximum absolute atomic E-state index is 10.6. The number of nitrogens with one attached hydrogen (secondary N) is 1. The molecule has 0 unspecified atom stereocenters. The molecule has 0 saturated carbocycles. The van der Waals surface area contributed by atoms with E-state index in [0.717, 1.165) is 0 Å². The molecule has 0 aliphatic carbocycles. The second kappa shape index (κ2) is 5.13. The summed E-state index contributed by atoms with van der Waals surface area (Å²) in [7, 11) is 0. The van der Waals surface area contributed by atoms with Gasteiger partial charge in [0.2, 0.25) is 5.91 Å². The third-order valence-corrected chi connectivity index (χ3v) is 2.00. The van der Waals surface area contributed by atoms with Gasteiger partial charge < -0.3 is 21.9 Å². The number of hydrogen-bond donors (Lipinski definition) is 4. The molecule has 6 N–H and O–H groups in total. The topological polar surface area (TPSA) is 118 Å². The number of amides is 1. The summed E-state index contributed by atoms with van der Waals surface area (Å²) in [6.07, 6.45) is 0. The van der Waals surface area contributed by atoms with Crippen LogP contribution in [0.4, 0.5) is 5.69 Å². The van der Waals surface area contributed by atoms with Gasteiger partial charge in [-0.2, -0.15) is 0 Å². The third-order valence-electron chi connectivity index (χ3n) is 2.00. The molecule has 1 aromatic carbocycles.